The molecule has 4 rings (SSSR count). The second kappa shape index (κ2) is 7.58. The third-order valence-corrected chi connectivity index (χ3v) is 5.84. The molecule has 130 valence electrons. The van der Waals surface area contributed by atoms with E-state index in [0.29, 0.717) is 11.6 Å². The molecule has 0 aliphatic carbocycles. The van der Waals surface area contributed by atoms with Crippen molar-refractivity contribution in [2.75, 3.05) is 6.61 Å². The Bertz CT molecular complexity index is 1020. The van der Waals surface area contributed by atoms with Crippen LogP contribution in [0.25, 0.3) is 32.5 Å². The minimum absolute atomic E-state index is 0.666. The molecule has 0 N–H and O–H groups in total. The van der Waals surface area contributed by atoms with Gasteiger partial charge in [0, 0.05) is 26.9 Å². The van der Waals surface area contributed by atoms with Gasteiger partial charge < -0.3 is 4.74 Å². The molecule has 0 bridgehead atoms. The van der Waals surface area contributed by atoms with E-state index >= 15 is 0 Å². The summed E-state index contributed by atoms with van der Waals surface area (Å²) in [4.78, 5) is 9.48. The summed E-state index contributed by atoms with van der Waals surface area (Å²) >= 11 is 9.27. The predicted molar refractivity (Wildman–Crippen MR) is 110 cm³/mol. The van der Waals surface area contributed by atoms with E-state index in [2.05, 4.69) is 5.38 Å². The van der Waals surface area contributed by atoms with Crippen LogP contribution in [0.15, 0.2) is 59.3 Å². The van der Waals surface area contributed by atoms with Gasteiger partial charge in [0.15, 0.2) is 10.0 Å². The molecule has 0 radical (unpaired) electrons. The van der Waals surface area contributed by atoms with Crippen LogP contribution in [0.3, 0.4) is 0 Å². The zero-order valence-electron chi connectivity index (χ0n) is 14.0. The fraction of sp³-hybridized carbons (Fsp3) is 0.100. The van der Waals surface area contributed by atoms with Gasteiger partial charge >= 0.3 is 0 Å². The van der Waals surface area contributed by atoms with Crippen molar-refractivity contribution in [1.29, 1.82) is 0 Å². The van der Waals surface area contributed by atoms with Crippen LogP contribution in [0.2, 0.25) is 5.02 Å². The molecule has 0 unspecified atom stereocenters. The summed E-state index contributed by atoms with van der Waals surface area (Å²) in [6.07, 6.45) is 0. The van der Waals surface area contributed by atoms with Crippen LogP contribution in [0.4, 0.5) is 0 Å². The van der Waals surface area contributed by atoms with Crippen molar-refractivity contribution in [2.45, 2.75) is 6.92 Å². The van der Waals surface area contributed by atoms with Crippen molar-refractivity contribution < 1.29 is 4.74 Å². The number of rotatable bonds is 5. The highest BCUT2D eigenvalue weighted by Crippen LogP contribution is 2.34. The number of halogens is 1. The van der Waals surface area contributed by atoms with Gasteiger partial charge in [0.05, 0.1) is 18.0 Å². The lowest BCUT2D eigenvalue weighted by atomic mass is 10.2. The van der Waals surface area contributed by atoms with E-state index < -0.39 is 0 Å². The molecule has 2 aromatic carbocycles. The normalized spacial score (nSPS) is 10.8. The summed E-state index contributed by atoms with van der Waals surface area (Å²) in [5.74, 6) is 0.873. The van der Waals surface area contributed by atoms with Crippen molar-refractivity contribution in [3.8, 4) is 38.3 Å². The Morgan fingerprint density at radius 1 is 0.885 bits per heavy atom. The topological polar surface area (TPSA) is 35.0 Å². The number of aromatic nitrogens is 2. The first-order valence-corrected chi connectivity index (χ1v) is 10.3. The van der Waals surface area contributed by atoms with E-state index in [9.17, 15) is 0 Å². The average Bonchev–Trinajstić information content (AvgIpc) is 3.32. The van der Waals surface area contributed by atoms with E-state index in [1.54, 1.807) is 22.7 Å². The van der Waals surface area contributed by atoms with Crippen LogP contribution in [-0.4, -0.2) is 16.6 Å². The van der Waals surface area contributed by atoms with E-state index in [1.165, 1.54) is 0 Å². The van der Waals surface area contributed by atoms with Crippen molar-refractivity contribution in [1.82, 2.24) is 9.97 Å². The summed E-state index contributed by atoms with van der Waals surface area (Å²) in [6.45, 7) is 2.64. The molecule has 4 aromatic rings. The zero-order valence-corrected chi connectivity index (χ0v) is 16.4. The van der Waals surface area contributed by atoms with Crippen LogP contribution >= 0.6 is 34.3 Å². The Hall–Kier alpha value is -2.21. The molecular formula is C20H15ClN2OS2. The lowest BCUT2D eigenvalue weighted by Gasteiger charge is -2.03. The number of nitrogens with zero attached hydrogens (tertiary/aromatic N) is 2. The zero-order chi connectivity index (χ0) is 17.9. The Kier molecular flexibility index (Phi) is 5.02. The Labute approximate surface area is 164 Å². The summed E-state index contributed by atoms with van der Waals surface area (Å²) in [7, 11) is 0. The highest BCUT2D eigenvalue weighted by atomic mass is 35.5. The lowest BCUT2D eigenvalue weighted by Crippen LogP contribution is -1.90. The molecular weight excluding hydrogens is 384 g/mol. The monoisotopic (exact) mass is 398 g/mol. The van der Waals surface area contributed by atoms with Gasteiger partial charge in [-0.05, 0) is 43.3 Å². The molecule has 0 spiro atoms. The third kappa shape index (κ3) is 3.65. The van der Waals surface area contributed by atoms with E-state index in [-0.39, 0.29) is 0 Å². The van der Waals surface area contributed by atoms with Gasteiger partial charge in [-0.2, -0.15) is 0 Å². The second-order valence-electron chi connectivity index (χ2n) is 5.54. The number of hydrogen-bond donors (Lipinski definition) is 0. The molecule has 2 aromatic heterocycles. The smallest absolute Gasteiger partial charge is 0.152 e. The summed E-state index contributed by atoms with van der Waals surface area (Å²) in [5.41, 5.74) is 3.96. The maximum Gasteiger partial charge on any atom is 0.152 e. The minimum atomic E-state index is 0.666. The Balaban J connectivity index is 1.58. The molecule has 6 heteroatoms. The fourth-order valence-corrected chi connectivity index (χ4v) is 4.44. The largest absolute Gasteiger partial charge is 0.494 e. The van der Waals surface area contributed by atoms with Crippen molar-refractivity contribution in [2.24, 2.45) is 0 Å². The molecule has 2 heterocycles. The number of thiazole rings is 2. The first-order valence-electron chi connectivity index (χ1n) is 8.13. The van der Waals surface area contributed by atoms with E-state index in [1.807, 2.05) is 60.8 Å². The number of hydrogen-bond acceptors (Lipinski definition) is 5. The minimum Gasteiger partial charge on any atom is -0.494 e. The quantitative estimate of drug-likeness (QED) is 0.377. The van der Waals surface area contributed by atoms with Gasteiger partial charge in [0.25, 0.3) is 0 Å². The van der Waals surface area contributed by atoms with Crippen molar-refractivity contribution in [3.63, 3.8) is 0 Å². The summed E-state index contributed by atoms with van der Waals surface area (Å²) in [6, 6.07) is 15.7. The van der Waals surface area contributed by atoms with Crippen LogP contribution in [0.5, 0.6) is 5.75 Å². The van der Waals surface area contributed by atoms with Gasteiger partial charge in [-0.25, -0.2) is 9.97 Å². The van der Waals surface area contributed by atoms with E-state index in [0.717, 1.165) is 38.3 Å². The predicted octanol–water partition coefficient (Wildman–Crippen LogP) is 6.65. The van der Waals surface area contributed by atoms with E-state index in [4.69, 9.17) is 26.3 Å². The standard InChI is InChI=1S/C20H15ClN2OS2/c1-2-24-16-8-6-13(7-9-16)17-11-25-19(22-17)20-23-18(12-26-20)14-4-3-5-15(21)10-14/h3-12H,2H2,1H3. The van der Waals surface area contributed by atoms with Crippen LogP contribution in [0, 0.1) is 0 Å². The molecule has 0 aliphatic heterocycles. The highest BCUT2D eigenvalue weighted by Gasteiger charge is 2.12. The van der Waals surface area contributed by atoms with Crippen LogP contribution in [-0.2, 0) is 0 Å². The maximum atomic E-state index is 6.08. The molecule has 0 aliphatic rings. The first-order chi connectivity index (χ1) is 12.7. The first kappa shape index (κ1) is 17.2. The Morgan fingerprint density at radius 2 is 1.54 bits per heavy atom. The van der Waals surface area contributed by atoms with Gasteiger partial charge in [0.2, 0.25) is 0 Å². The number of benzene rings is 2. The van der Waals surface area contributed by atoms with Crippen molar-refractivity contribution >= 4 is 34.3 Å². The summed E-state index contributed by atoms with van der Waals surface area (Å²) in [5, 5.41) is 6.66. The van der Waals surface area contributed by atoms with Gasteiger partial charge in [-0.15, -0.1) is 22.7 Å². The lowest BCUT2D eigenvalue weighted by molar-refractivity contribution is 0.340. The molecule has 0 amide bonds. The van der Waals surface area contributed by atoms with Crippen molar-refractivity contribution in [3.05, 3.63) is 64.3 Å². The highest BCUT2D eigenvalue weighted by molar-refractivity contribution is 7.20. The average molecular weight is 399 g/mol. The second-order valence-corrected chi connectivity index (χ2v) is 7.70. The maximum absolute atomic E-state index is 6.08. The SMILES string of the molecule is CCOc1ccc(-c2csc(-c3nc(-c4cccc(Cl)c4)cs3)n2)cc1. The van der Waals surface area contributed by atoms with Gasteiger partial charge in [0.1, 0.15) is 5.75 Å². The molecule has 0 atom stereocenters. The fourth-order valence-electron chi connectivity index (χ4n) is 2.55. The molecule has 0 saturated carbocycles. The Morgan fingerprint density at radius 3 is 2.15 bits per heavy atom. The molecule has 0 fully saturated rings. The van der Waals surface area contributed by atoms with Gasteiger partial charge in [-0.1, -0.05) is 23.7 Å². The number of ether oxygens (including phenoxy) is 1. The van der Waals surface area contributed by atoms with Crippen LogP contribution < -0.4 is 4.74 Å². The van der Waals surface area contributed by atoms with Crippen LogP contribution in [0.1, 0.15) is 6.92 Å². The molecule has 3 nitrogen and oxygen atoms in total. The van der Waals surface area contributed by atoms with Gasteiger partial charge in [-0.3, -0.25) is 0 Å². The third-order valence-electron chi connectivity index (χ3n) is 3.77. The molecule has 0 saturated heterocycles. The summed E-state index contributed by atoms with van der Waals surface area (Å²) < 4.78 is 5.49. The molecule has 26 heavy (non-hydrogen) atoms.